The molecule has 4 rings (SSSR count). The summed E-state index contributed by atoms with van der Waals surface area (Å²) < 4.78 is 5.99. The molecule has 3 aromatic rings. The number of hydrogen-bond donors (Lipinski definition) is 1. The second-order valence-electron chi connectivity index (χ2n) is 5.72. The Kier molecular flexibility index (Phi) is 3.78. The molecule has 1 aliphatic carbocycles. The lowest BCUT2D eigenvalue weighted by molar-refractivity contribution is 0.273. The van der Waals surface area contributed by atoms with E-state index in [0.29, 0.717) is 16.5 Å². The standard InChI is InChI=1S/C16H16N4O2S/c21-15-14(13(20-22-15)10-6-2-1-3-7-10)18-19-16-17-11-8-4-5-9-12(11)23-16/h4-5,8-10,21H,1-3,6-7H2. The Morgan fingerprint density at radius 3 is 2.78 bits per heavy atom. The summed E-state index contributed by atoms with van der Waals surface area (Å²) >= 11 is 1.46. The molecule has 0 spiro atoms. The average molecular weight is 328 g/mol. The van der Waals surface area contributed by atoms with Crippen LogP contribution in [-0.4, -0.2) is 15.2 Å². The number of fused-ring (bicyclic) bond motifs is 1. The predicted octanol–water partition coefficient (Wildman–Crippen LogP) is 5.45. The van der Waals surface area contributed by atoms with Crippen molar-refractivity contribution in [3.05, 3.63) is 30.0 Å². The van der Waals surface area contributed by atoms with Crippen LogP contribution in [0.25, 0.3) is 10.2 Å². The number of nitrogens with zero attached hydrogens (tertiary/aromatic N) is 4. The van der Waals surface area contributed by atoms with Gasteiger partial charge in [0.25, 0.3) is 0 Å². The minimum Gasteiger partial charge on any atom is -0.478 e. The smallest absolute Gasteiger partial charge is 0.337 e. The van der Waals surface area contributed by atoms with Crippen LogP contribution in [0.15, 0.2) is 39.0 Å². The molecule has 7 heteroatoms. The molecule has 0 amide bonds. The SMILES string of the molecule is Oc1onc(C2CCCCC2)c1N=Nc1nc2ccccc2s1. The van der Waals surface area contributed by atoms with Crippen molar-refractivity contribution >= 4 is 32.4 Å². The van der Waals surface area contributed by atoms with Crippen LogP contribution in [0.3, 0.4) is 0 Å². The van der Waals surface area contributed by atoms with E-state index in [-0.39, 0.29) is 11.9 Å². The zero-order valence-corrected chi connectivity index (χ0v) is 13.3. The minimum atomic E-state index is -0.268. The molecule has 6 nitrogen and oxygen atoms in total. The summed E-state index contributed by atoms with van der Waals surface area (Å²) in [6, 6.07) is 7.84. The van der Waals surface area contributed by atoms with E-state index >= 15 is 0 Å². The highest BCUT2D eigenvalue weighted by atomic mass is 32.1. The molecule has 118 valence electrons. The van der Waals surface area contributed by atoms with Gasteiger partial charge in [0, 0.05) is 5.92 Å². The molecule has 0 atom stereocenters. The highest BCUT2D eigenvalue weighted by Crippen LogP contribution is 2.42. The van der Waals surface area contributed by atoms with Gasteiger partial charge in [-0.1, -0.05) is 47.9 Å². The highest BCUT2D eigenvalue weighted by Gasteiger charge is 2.25. The van der Waals surface area contributed by atoms with Gasteiger partial charge >= 0.3 is 5.95 Å². The molecule has 0 bridgehead atoms. The molecule has 0 aliphatic heterocycles. The number of benzene rings is 1. The van der Waals surface area contributed by atoms with E-state index in [1.165, 1.54) is 30.6 Å². The summed E-state index contributed by atoms with van der Waals surface area (Å²) in [6.45, 7) is 0. The van der Waals surface area contributed by atoms with E-state index in [1.807, 2.05) is 24.3 Å². The first kappa shape index (κ1) is 14.3. The van der Waals surface area contributed by atoms with E-state index in [9.17, 15) is 5.11 Å². The molecule has 0 radical (unpaired) electrons. The lowest BCUT2D eigenvalue weighted by atomic mass is 9.86. The van der Waals surface area contributed by atoms with Crippen molar-refractivity contribution in [2.24, 2.45) is 10.2 Å². The minimum absolute atomic E-state index is 0.268. The first-order valence-electron chi connectivity index (χ1n) is 7.77. The number of para-hydroxylation sites is 1. The summed E-state index contributed by atoms with van der Waals surface area (Å²) in [6.07, 6.45) is 5.70. The summed E-state index contributed by atoms with van der Waals surface area (Å²) in [4.78, 5) is 4.41. The fourth-order valence-corrected chi connectivity index (χ4v) is 3.81. The molecule has 1 N–H and O–H groups in total. The second kappa shape index (κ2) is 6.08. The van der Waals surface area contributed by atoms with E-state index in [2.05, 4.69) is 20.4 Å². The number of thiazole rings is 1. The molecule has 1 fully saturated rings. The second-order valence-corrected chi connectivity index (χ2v) is 6.73. The molecule has 1 saturated carbocycles. The summed E-state index contributed by atoms with van der Waals surface area (Å²) in [7, 11) is 0. The van der Waals surface area contributed by atoms with Crippen LogP contribution in [0.1, 0.15) is 43.7 Å². The summed E-state index contributed by atoms with van der Waals surface area (Å²) in [5, 5.41) is 22.8. The molecule has 23 heavy (non-hydrogen) atoms. The van der Waals surface area contributed by atoms with Gasteiger partial charge in [-0.3, -0.25) is 0 Å². The maximum atomic E-state index is 9.88. The number of azo groups is 1. The average Bonchev–Trinajstić information content (AvgIpc) is 3.16. The molecule has 1 aliphatic rings. The third-order valence-electron chi connectivity index (χ3n) is 4.19. The van der Waals surface area contributed by atoms with Gasteiger partial charge in [0.2, 0.25) is 5.13 Å². The molecule has 0 saturated heterocycles. The Bertz CT molecular complexity index is 816. The van der Waals surface area contributed by atoms with Gasteiger partial charge < -0.3 is 9.63 Å². The van der Waals surface area contributed by atoms with Crippen LogP contribution in [0.2, 0.25) is 0 Å². The van der Waals surface area contributed by atoms with Crippen molar-refractivity contribution in [2.45, 2.75) is 38.0 Å². The van der Waals surface area contributed by atoms with Crippen LogP contribution in [0.5, 0.6) is 5.95 Å². The van der Waals surface area contributed by atoms with Crippen molar-refractivity contribution in [1.82, 2.24) is 10.1 Å². The Labute approximate surface area is 136 Å². The molecular weight excluding hydrogens is 312 g/mol. The molecule has 2 heterocycles. The fraction of sp³-hybridized carbons (Fsp3) is 0.375. The van der Waals surface area contributed by atoms with Gasteiger partial charge in [-0.25, -0.2) is 4.98 Å². The van der Waals surface area contributed by atoms with Crippen LogP contribution in [0.4, 0.5) is 10.8 Å². The highest BCUT2D eigenvalue weighted by molar-refractivity contribution is 7.21. The zero-order chi connectivity index (χ0) is 15.6. The number of aromatic nitrogens is 2. The van der Waals surface area contributed by atoms with Gasteiger partial charge in [0.05, 0.1) is 10.2 Å². The number of aromatic hydroxyl groups is 1. The fourth-order valence-electron chi connectivity index (χ4n) is 3.02. The van der Waals surface area contributed by atoms with E-state index in [1.54, 1.807) is 0 Å². The van der Waals surface area contributed by atoms with Crippen molar-refractivity contribution in [2.75, 3.05) is 0 Å². The third-order valence-corrected chi connectivity index (χ3v) is 5.11. The van der Waals surface area contributed by atoms with Crippen LogP contribution < -0.4 is 0 Å². The third kappa shape index (κ3) is 2.84. The predicted molar refractivity (Wildman–Crippen MR) is 87.8 cm³/mol. The van der Waals surface area contributed by atoms with E-state index < -0.39 is 0 Å². The maximum absolute atomic E-state index is 9.88. The van der Waals surface area contributed by atoms with Gasteiger partial charge in [-0.2, -0.15) is 0 Å². The quantitative estimate of drug-likeness (QED) is 0.648. The van der Waals surface area contributed by atoms with Gasteiger partial charge in [-0.05, 0) is 25.0 Å². The molecule has 0 unspecified atom stereocenters. The van der Waals surface area contributed by atoms with E-state index in [4.69, 9.17) is 4.52 Å². The van der Waals surface area contributed by atoms with E-state index in [0.717, 1.165) is 23.1 Å². The zero-order valence-electron chi connectivity index (χ0n) is 12.5. The normalized spacial score (nSPS) is 16.5. The van der Waals surface area contributed by atoms with Crippen LogP contribution in [0, 0.1) is 0 Å². The van der Waals surface area contributed by atoms with Gasteiger partial charge in [0.15, 0.2) is 5.69 Å². The Morgan fingerprint density at radius 2 is 1.96 bits per heavy atom. The van der Waals surface area contributed by atoms with Crippen molar-refractivity contribution in [3.63, 3.8) is 0 Å². The summed E-state index contributed by atoms with van der Waals surface area (Å²) in [5.74, 6) is 0.0214. The first-order chi connectivity index (χ1) is 11.3. The maximum Gasteiger partial charge on any atom is 0.337 e. The van der Waals surface area contributed by atoms with Crippen molar-refractivity contribution in [1.29, 1.82) is 0 Å². The largest absolute Gasteiger partial charge is 0.478 e. The van der Waals surface area contributed by atoms with Crippen molar-refractivity contribution in [3.8, 4) is 5.95 Å². The monoisotopic (exact) mass is 328 g/mol. The topological polar surface area (TPSA) is 83.9 Å². The van der Waals surface area contributed by atoms with Crippen LogP contribution >= 0.6 is 11.3 Å². The molecular formula is C16H16N4O2S. The Morgan fingerprint density at radius 1 is 1.13 bits per heavy atom. The lowest BCUT2D eigenvalue weighted by Gasteiger charge is -2.18. The number of hydrogen-bond acceptors (Lipinski definition) is 7. The Balaban J connectivity index is 1.63. The van der Waals surface area contributed by atoms with Crippen LogP contribution in [-0.2, 0) is 0 Å². The van der Waals surface area contributed by atoms with Crippen molar-refractivity contribution < 1.29 is 9.63 Å². The van der Waals surface area contributed by atoms with Gasteiger partial charge in [0.1, 0.15) is 5.69 Å². The first-order valence-corrected chi connectivity index (χ1v) is 8.59. The number of rotatable bonds is 3. The Hall–Kier alpha value is -2.28. The van der Waals surface area contributed by atoms with Gasteiger partial charge in [-0.15, -0.1) is 10.2 Å². The molecule has 2 aromatic heterocycles. The summed E-state index contributed by atoms with van der Waals surface area (Å²) in [5.41, 5.74) is 1.96. The molecule has 1 aromatic carbocycles. The lowest BCUT2D eigenvalue weighted by Crippen LogP contribution is -2.04.